The number of thiazole rings is 1. The van der Waals surface area contributed by atoms with Gasteiger partial charge in [0.15, 0.2) is 0 Å². The van der Waals surface area contributed by atoms with E-state index in [0.717, 1.165) is 0 Å². The maximum atomic E-state index is 11.5. The van der Waals surface area contributed by atoms with Gasteiger partial charge in [-0.1, -0.05) is 46.7 Å². The molecule has 0 saturated carbocycles. The van der Waals surface area contributed by atoms with E-state index in [0.29, 0.717) is 31.3 Å². The highest BCUT2D eigenvalue weighted by atomic mass is 35.5. The first-order chi connectivity index (χ1) is 10.0. The van der Waals surface area contributed by atoms with Gasteiger partial charge < -0.3 is 4.74 Å². The van der Waals surface area contributed by atoms with Crippen LogP contribution >= 0.6 is 34.5 Å². The number of carbonyl (C=O) groups excluding carboxylic acids is 1. The number of nitrogens with one attached hydrogen (secondary N) is 1. The summed E-state index contributed by atoms with van der Waals surface area (Å²) in [5.41, 5.74) is 4.01. The maximum absolute atomic E-state index is 11.5. The third-order valence-electron chi connectivity index (χ3n) is 2.51. The molecule has 2 rings (SSSR count). The highest BCUT2D eigenvalue weighted by molar-refractivity contribution is 7.17. The second-order valence-electron chi connectivity index (χ2n) is 3.94. The number of rotatable bonds is 4. The van der Waals surface area contributed by atoms with Crippen molar-refractivity contribution < 1.29 is 9.53 Å². The number of anilines is 1. The van der Waals surface area contributed by atoms with Crippen LogP contribution in [0.5, 0.6) is 0 Å². The van der Waals surface area contributed by atoms with Gasteiger partial charge in [0.25, 0.3) is 0 Å². The molecule has 1 aromatic heterocycles. The van der Waals surface area contributed by atoms with Crippen molar-refractivity contribution in [1.29, 1.82) is 0 Å². The highest BCUT2D eigenvalue weighted by Crippen LogP contribution is 2.25. The van der Waals surface area contributed by atoms with Gasteiger partial charge in [-0.25, -0.2) is 9.78 Å². The fourth-order valence-electron chi connectivity index (χ4n) is 1.50. The monoisotopic (exact) mass is 343 g/mol. The lowest BCUT2D eigenvalue weighted by atomic mass is 10.2. The van der Waals surface area contributed by atoms with E-state index in [1.54, 1.807) is 25.1 Å². The van der Waals surface area contributed by atoms with Gasteiger partial charge in [0.2, 0.25) is 5.13 Å². The zero-order chi connectivity index (χ0) is 15.4. The molecule has 0 radical (unpaired) electrons. The van der Waals surface area contributed by atoms with Gasteiger partial charge in [-0.15, -0.1) is 0 Å². The van der Waals surface area contributed by atoms with Crippen molar-refractivity contribution in [2.24, 2.45) is 5.10 Å². The number of methoxy groups -OCH3 is 1. The Kier molecular flexibility index (Phi) is 5.17. The molecule has 0 unspecified atom stereocenters. The lowest BCUT2D eigenvalue weighted by molar-refractivity contribution is 0.0605. The summed E-state index contributed by atoms with van der Waals surface area (Å²) < 4.78 is 4.67. The van der Waals surface area contributed by atoms with Gasteiger partial charge in [0.05, 0.1) is 29.1 Å². The number of carbonyl (C=O) groups is 1. The van der Waals surface area contributed by atoms with Crippen molar-refractivity contribution in [2.45, 2.75) is 6.92 Å². The Morgan fingerprint density at radius 1 is 1.48 bits per heavy atom. The molecule has 0 amide bonds. The molecule has 0 saturated heterocycles. The van der Waals surface area contributed by atoms with E-state index in [9.17, 15) is 4.79 Å². The Bertz CT molecular complexity index is 701. The standard InChI is InChI=1S/C13H11Cl2N3O2S/c1-7-11(12(19)20-2)21-13(17-7)18-16-6-8-4-3-5-9(14)10(8)15/h3-6H,1-2H3,(H,17,18)/b16-6-. The average Bonchev–Trinajstić information content (AvgIpc) is 2.84. The smallest absolute Gasteiger partial charge is 0.350 e. The minimum absolute atomic E-state index is 0.417. The lowest BCUT2D eigenvalue weighted by Gasteiger charge is -1.99. The molecule has 0 bridgehead atoms. The van der Waals surface area contributed by atoms with Crippen LogP contribution in [0.3, 0.4) is 0 Å². The van der Waals surface area contributed by atoms with Crippen molar-refractivity contribution in [3.63, 3.8) is 0 Å². The number of halogens is 2. The van der Waals surface area contributed by atoms with Gasteiger partial charge >= 0.3 is 5.97 Å². The molecule has 0 atom stereocenters. The molecule has 21 heavy (non-hydrogen) atoms. The lowest BCUT2D eigenvalue weighted by Crippen LogP contribution is -1.99. The van der Waals surface area contributed by atoms with Gasteiger partial charge in [-0.05, 0) is 13.0 Å². The van der Waals surface area contributed by atoms with Crippen LogP contribution in [0, 0.1) is 6.92 Å². The number of hydrogen-bond acceptors (Lipinski definition) is 6. The second-order valence-corrected chi connectivity index (χ2v) is 5.72. The first kappa shape index (κ1) is 15.8. The van der Waals surface area contributed by atoms with Crippen LogP contribution in [0.1, 0.15) is 20.9 Å². The highest BCUT2D eigenvalue weighted by Gasteiger charge is 2.15. The van der Waals surface area contributed by atoms with E-state index < -0.39 is 5.97 Å². The molecule has 5 nitrogen and oxygen atoms in total. The summed E-state index contributed by atoms with van der Waals surface area (Å²) >= 11 is 13.1. The van der Waals surface area contributed by atoms with Crippen LogP contribution in [0.25, 0.3) is 0 Å². The second kappa shape index (κ2) is 6.89. The van der Waals surface area contributed by atoms with Gasteiger partial charge in [-0.3, -0.25) is 5.43 Å². The number of ether oxygens (including phenoxy) is 1. The first-order valence-electron chi connectivity index (χ1n) is 5.81. The van der Waals surface area contributed by atoms with Gasteiger partial charge in [0.1, 0.15) is 4.88 Å². The van der Waals surface area contributed by atoms with Crippen molar-refractivity contribution in [3.8, 4) is 0 Å². The van der Waals surface area contributed by atoms with Crippen LogP contribution in [0.15, 0.2) is 23.3 Å². The molecule has 110 valence electrons. The summed E-state index contributed by atoms with van der Waals surface area (Å²) in [6.07, 6.45) is 1.53. The Morgan fingerprint density at radius 3 is 2.95 bits per heavy atom. The zero-order valence-electron chi connectivity index (χ0n) is 11.2. The molecule has 0 fully saturated rings. The van der Waals surface area contributed by atoms with Crippen molar-refractivity contribution in [1.82, 2.24) is 4.98 Å². The Balaban J connectivity index is 2.11. The molecule has 8 heteroatoms. The predicted molar refractivity (Wildman–Crippen MR) is 85.9 cm³/mol. The fourth-order valence-corrected chi connectivity index (χ4v) is 2.69. The molecule has 1 heterocycles. The normalized spacial score (nSPS) is 10.9. The van der Waals surface area contributed by atoms with E-state index >= 15 is 0 Å². The van der Waals surface area contributed by atoms with Crippen LogP contribution in [0.2, 0.25) is 10.0 Å². The summed E-state index contributed by atoms with van der Waals surface area (Å²) in [5, 5.41) is 5.40. The Hall–Kier alpha value is -1.63. The van der Waals surface area contributed by atoms with Crippen molar-refractivity contribution in [3.05, 3.63) is 44.4 Å². The average molecular weight is 344 g/mol. The number of hydrazone groups is 1. The summed E-state index contributed by atoms with van der Waals surface area (Å²) in [6.45, 7) is 1.73. The number of nitrogens with zero attached hydrogens (tertiary/aromatic N) is 2. The molecule has 0 aliphatic rings. The number of esters is 1. The van der Waals surface area contributed by atoms with Gasteiger partial charge in [-0.2, -0.15) is 5.10 Å². The molecule has 1 aromatic carbocycles. The van der Waals surface area contributed by atoms with E-state index in [4.69, 9.17) is 23.2 Å². The Labute approximate surface area is 135 Å². The zero-order valence-corrected chi connectivity index (χ0v) is 13.5. The van der Waals surface area contributed by atoms with E-state index in [1.165, 1.54) is 24.7 Å². The number of aryl methyl sites for hydroxylation is 1. The van der Waals surface area contributed by atoms with Gasteiger partial charge in [0, 0.05) is 5.56 Å². The first-order valence-corrected chi connectivity index (χ1v) is 7.39. The molecule has 0 aliphatic carbocycles. The van der Waals surface area contributed by atoms with Crippen LogP contribution < -0.4 is 5.43 Å². The van der Waals surface area contributed by atoms with Crippen molar-refractivity contribution in [2.75, 3.05) is 12.5 Å². The number of hydrogen-bond donors (Lipinski definition) is 1. The number of benzene rings is 1. The summed E-state index contributed by atoms with van der Waals surface area (Å²) in [5.74, 6) is -0.417. The Morgan fingerprint density at radius 2 is 2.24 bits per heavy atom. The largest absolute Gasteiger partial charge is 0.465 e. The minimum atomic E-state index is -0.417. The fraction of sp³-hybridized carbons (Fsp3) is 0.154. The molecule has 0 aliphatic heterocycles. The quantitative estimate of drug-likeness (QED) is 0.517. The molecular weight excluding hydrogens is 333 g/mol. The molecule has 0 spiro atoms. The van der Waals surface area contributed by atoms with E-state index in [2.05, 4.69) is 20.2 Å². The molecule has 1 N–H and O–H groups in total. The topological polar surface area (TPSA) is 63.6 Å². The third-order valence-corrected chi connectivity index (χ3v) is 4.39. The van der Waals surface area contributed by atoms with Crippen LogP contribution in [0.4, 0.5) is 5.13 Å². The van der Waals surface area contributed by atoms with E-state index in [1.807, 2.05) is 0 Å². The maximum Gasteiger partial charge on any atom is 0.350 e. The predicted octanol–water partition coefficient (Wildman–Crippen LogP) is 3.99. The SMILES string of the molecule is COC(=O)c1sc(N/N=C\c2cccc(Cl)c2Cl)nc1C. The van der Waals surface area contributed by atoms with Crippen LogP contribution in [-0.2, 0) is 4.74 Å². The third kappa shape index (κ3) is 3.72. The summed E-state index contributed by atoms with van der Waals surface area (Å²) in [4.78, 5) is 16.1. The summed E-state index contributed by atoms with van der Waals surface area (Å²) in [7, 11) is 1.33. The summed E-state index contributed by atoms with van der Waals surface area (Å²) in [6, 6.07) is 5.26. The minimum Gasteiger partial charge on any atom is -0.465 e. The van der Waals surface area contributed by atoms with Crippen molar-refractivity contribution >= 4 is 51.9 Å². The van der Waals surface area contributed by atoms with E-state index in [-0.39, 0.29) is 0 Å². The van der Waals surface area contributed by atoms with Crippen LogP contribution in [-0.4, -0.2) is 24.3 Å². The number of aromatic nitrogens is 1. The molecule has 2 aromatic rings. The molecular formula is C13H11Cl2N3O2S.